The summed E-state index contributed by atoms with van der Waals surface area (Å²) in [5.41, 5.74) is -0.796. The number of amides is 2. The number of para-hydroxylation sites is 1. The minimum absolute atomic E-state index is 0.0114. The van der Waals surface area contributed by atoms with Gasteiger partial charge in [-0.3, -0.25) is 14.4 Å². The van der Waals surface area contributed by atoms with Crippen LogP contribution in [-0.4, -0.2) is 61.5 Å². The molecule has 0 saturated carbocycles. The number of fused-ring (bicyclic) bond motifs is 2. The first-order valence-corrected chi connectivity index (χ1v) is 10.4. The second-order valence-electron chi connectivity index (χ2n) is 7.66. The molecule has 170 valence electrons. The molecule has 2 aliphatic rings. The average Bonchev–Trinajstić information content (AvgIpc) is 3.21. The normalized spacial score (nSPS) is 21.1. The molecule has 33 heavy (non-hydrogen) atoms. The molecule has 1 fully saturated rings. The van der Waals surface area contributed by atoms with Crippen LogP contribution in [0.15, 0.2) is 66.8 Å². The molecule has 8 heteroatoms. The van der Waals surface area contributed by atoms with Gasteiger partial charge in [0.15, 0.2) is 5.54 Å². The van der Waals surface area contributed by atoms with E-state index in [0.29, 0.717) is 17.0 Å². The van der Waals surface area contributed by atoms with Crippen molar-refractivity contribution in [3.8, 4) is 5.75 Å². The van der Waals surface area contributed by atoms with Crippen LogP contribution < -0.4 is 9.64 Å². The molecule has 4 rings (SSSR count). The van der Waals surface area contributed by atoms with E-state index in [0.717, 1.165) is 0 Å². The summed E-state index contributed by atoms with van der Waals surface area (Å²) in [5, 5.41) is 11.3. The predicted octanol–water partition coefficient (Wildman–Crippen LogP) is 2.45. The van der Waals surface area contributed by atoms with Gasteiger partial charge in [0, 0.05) is 31.3 Å². The Morgan fingerprint density at radius 1 is 1.09 bits per heavy atom. The number of carbonyl (C=O) groups is 3. The highest BCUT2D eigenvalue weighted by atomic mass is 16.5. The number of likely N-dealkylation sites (tertiary alicyclic amines) is 1. The number of anilines is 1. The Morgan fingerprint density at radius 3 is 2.42 bits per heavy atom. The molecule has 0 aliphatic carbocycles. The number of Topliss-reactive ketones (excluding diaryl/α,β-unsaturated/α-hetero) is 1. The molecule has 2 aromatic rings. The topological polar surface area (TPSA) is 96.4 Å². The number of methoxy groups -OCH3 is 2. The maximum absolute atomic E-state index is 14.0. The van der Waals surface area contributed by atoms with Crippen LogP contribution in [0.3, 0.4) is 0 Å². The summed E-state index contributed by atoms with van der Waals surface area (Å²) in [7, 11) is 2.98. The summed E-state index contributed by atoms with van der Waals surface area (Å²) in [6, 6.07) is 13.3. The molecule has 8 nitrogen and oxygen atoms in total. The van der Waals surface area contributed by atoms with Crippen molar-refractivity contribution in [2.75, 3.05) is 38.8 Å². The molecular formula is C25H24N2O6. The zero-order chi connectivity index (χ0) is 23.8. The SMILES string of the molecule is C=CCN1C(=O)[C@@]2(C(=C(O)c3ccc(OC)cc3)C(=O)C(=O)N2CCOC)c2ccccc21. The number of hydrogen-bond acceptors (Lipinski definition) is 6. The zero-order valence-electron chi connectivity index (χ0n) is 18.4. The van der Waals surface area contributed by atoms with Crippen LogP contribution in [0.2, 0.25) is 0 Å². The Kier molecular flexibility index (Phi) is 5.78. The second kappa shape index (κ2) is 8.55. The van der Waals surface area contributed by atoms with E-state index in [1.54, 1.807) is 54.6 Å². The summed E-state index contributed by atoms with van der Waals surface area (Å²) in [6.45, 7) is 4.00. The van der Waals surface area contributed by atoms with Gasteiger partial charge in [0.1, 0.15) is 11.5 Å². The third kappa shape index (κ3) is 3.14. The number of nitrogens with zero attached hydrogens (tertiary/aromatic N) is 2. The summed E-state index contributed by atoms with van der Waals surface area (Å²) in [5.74, 6) is -2.18. The van der Waals surface area contributed by atoms with Crippen molar-refractivity contribution < 1.29 is 29.0 Å². The maximum atomic E-state index is 14.0. The molecule has 2 heterocycles. The van der Waals surface area contributed by atoms with E-state index in [1.807, 2.05) is 0 Å². The van der Waals surface area contributed by atoms with Crippen molar-refractivity contribution >= 4 is 29.0 Å². The maximum Gasteiger partial charge on any atom is 0.296 e. The molecule has 0 unspecified atom stereocenters. The van der Waals surface area contributed by atoms with Gasteiger partial charge >= 0.3 is 0 Å². The number of benzene rings is 2. The number of carbonyl (C=O) groups excluding carboxylic acids is 3. The van der Waals surface area contributed by atoms with Gasteiger partial charge in [0.25, 0.3) is 17.6 Å². The highest BCUT2D eigenvalue weighted by Crippen LogP contribution is 2.53. The summed E-state index contributed by atoms with van der Waals surface area (Å²) >= 11 is 0. The molecular weight excluding hydrogens is 424 g/mol. The van der Waals surface area contributed by atoms with Crippen molar-refractivity contribution in [2.45, 2.75) is 5.54 Å². The Morgan fingerprint density at radius 2 is 1.79 bits per heavy atom. The summed E-state index contributed by atoms with van der Waals surface area (Å²) in [6.07, 6.45) is 1.57. The van der Waals surface area contributed by atoms with Crippen LogP contribution in [0.25, 0.3) is 5.76 Å². The molecule has 1 saturated heterocycles. The minimum atomic E-state index is -1.81. The third-order valence-electron chi connectivity index (χ3n) is 6.00. The van der Waals surface area contributed by atoms with Gasteiger partial charge in [-0.25, -0.2) is 0 Å². The highest BCUT2D eigenvalue weighted by Gasteiger charge is 2.66. The van der Waals surface area contributed by atoms with E-state index in [4.69, 9.17) is 9.47 Å². The van der Waals surface area contributed by atoms with Gasteiger partial charge in [0.2, 0.25) is 0 Å². The van der Waals surface area contributed by atoms with Gasteiger partial charge in [-0.2, -0.15) is 0 Å². The Labute approximate surface area is 191 Å². The van der Waals surface area contributed by atoms with Crippen LogP contribution in [0, 0.1) is 0 Å². The predicted molar refractivity (Wildman–Crippen MR) is 122 cm³/mol. The van der Waals surface area contributed by atoms with Crippen molar-refractivity contribution in [2.24, 2.45) is 0 Å². The summed E-state index contributed by atoms with van der Waals surface area (Å²) in [4.78, 5) is 43.2. The van der Waals surface area contributed by atoms with Gasteiger partial charge < -0.3 is 24.4 Å². The molecule has 2 amide bonds. The zero-order valence-corrected chi connectivity index (χ0v) is 18.4. The monoisotopic (exact) mass is 448 g/mol. The smallest absolute Gasteiger partial charge is 0.296 e. The third-order valence-corrected chi connectivity index (χ3v) is 6.00. The van der Waals surface area contributed by atoms with E-state index in [1.165, 1.54) is 24.0 Å². The van der Waals surface area contributed by atoms with Crippen molar-refractivity contribution in [1.82, 2.24) is 4.90 Å². The van der Waals surface area contributed by atoms with E-state index >= 15 is 0 Å². The number of aliphatic hydroxyl groups is 1. The molecule has 1 atom stereocenters. The lowest BCUT2D eigenvalue weighted by Crippen LogP contribution is -2.52. The van der Waals surface area contributed by atoms with Crippen molar-refractivity contribution in [3.05, 3.63) is 77.9 Å². The van der Waals surface area contributed by atoms with Crippen molar-refractivity contribution in [3.63, 3.8) is 0 Å². The first-order chi connectivity index (χ1) is 15.9. The molecule has 0 bridgehead atoms. The molecule has 0 radical (unpaired) electrons. The Balaban J connectivity index is 2.03. The largest absolute Gasteiger partial charge is 0.507 e. The van der Waals surface area contributed by atoms with E-state index in [-0.39, 0.29) is 30.8 Å². The first-order valence-electron chi connectivity index (χ1n) is 10.4. The standard InChI is InChI=1S/C25H24N2O6/c1-4-13-26-19-8-6-5-7-18(19)25(24(26)31)20(22(29)23(30)27(25)14-15-32-2)21(28)16-9-11-17(33-3)12-10-16/h4-12,28H,1,13-15H2,2-3H3/t25-/m0/s1. The minimum Gasteiger partial charge on any atom is -0.507 e. The lowest BCUT2D eigenvalue weighted by molar-refractivity contribution is -0.144. The number of hydrogen-bond donors (Lipinski definition) is 1. The number of rotatable bonds is 7. The number of ketones is 1. The van der Waals surface area contributed by atoms with Crippen LogP contribution in [0.4, 0.5) is 5.69 Å². The van der Waals surface area contributed by atoms with Gasteiger partial charge in [-0.15, -0.1) is 6.58 Å². The first kappa shape index (κ1) is 22.3. The summed E-state index contributed by atoms with van der Waals surface area (Å²) < 4.78 is 10.3. The van der Waals surface area contributed by atoms with Gasteiger partial charge in [-0.1, -0.05) is 24.3 Å². The molecule has 1 spiro atoms. The van der Waals surface area contributed by atoms with E-state index in [2.05, 4.69) is 6.58 Å². The van der Waals surface area contributed by atoms with Crippen LogP contribution in [0.5, 0.6) is 5.75 Å². The van der Waals surface area contributed by atoms with Gasteiger partial charge in [0.05, 0.1) is 25.0 Å². The van der Waals surface area contributed by atoms with E-state index < -0.39 is 28.9 Å². The fourth-order valence-electron chi connectivity index (χ4n) is 4.55. The lowest BCUT2D eigenvalue weighted by Gasteiger charge is -2.34. The molecule has 0 aromatic heterocycles. The van der Waals surface area contributed by atoms with Crippen LogP contribution in [-0.2, 0) is 24.7 Å². The quantitative estimate of drug-likeness (QED) is 0.303. The van der Waals surface area contributed by atoms with E-state index in [9.17, 15) is 19.5 Å². The van der Waals surface area contributed by atoms with Crippen LogP contribution in [0.1, 0.15) is 11.1 Å². The average molecular weight is 448 g/mol. The fraction of sp³-hybridized carbons (Fsp3) is 0.240. The Hall–Kier alpha value is -3.91. The van der Waals surface area contributed by atoms with Crippen LogP contribution >= 0.6 is 0 Å². The Bertz CT molecular complexity index is 1170. The number of aliphatic hydroxyl groups excluding tert-OH is 1. The molecule has 2 aromatic carbocycles. The highest BCUT2D eigenvalue weighted by molar-refractivity contribution is 6.50. The fourth-order valence-corrected chi connectivity index (χ4v) is 4.55. The second-order valence-corrected chi connectivity index (χ2v) is 7.66. The van der Waals surface area contributed by atoms with Crippen molar-refractivity contribution in [1.29, 1.82) is 0 Å². The van der Waals surface area contributed by atoms with Gasteiger partial charge in [-0.05, 0) is 30.3 Å². The lowest BCUT2D eigenvalue weighted by atomic mass is 9.82. The molecule has 1 N–H and O–H groups in total. The number of ether oxygens (including phenoxy) is 2. The molecule has 2 aliphatic heterocycles.